The largest absolute Gasteiger partial charge is 0.352 e. The van der Waals surface area contributed by atoms with E-state index in [1.165, 1.54) is 7.05 Å². The van der Waals surface area contributed by atoms with Gasteiger partial charge in [-0.1, -0.05) is 41.4 Å². The first-order valence-electron chi connectivity index (χ1n) is 8.21. The maximum absolute atomic E-state index is 11.9. The number of sulfonamides is 1. The summed E-state index contributed by atoms with van der Waals surface area (Å²) in [6.45, 7) is 2.37. The van der Waals surface area contributed by atoms with Gasteiger partial charge < -0.3 is 10.6 Å². The number of rotatable bonds is 6. The molecule has 1 unspecified atom stereocenters. The van der Waals surface area contributed by atoms with E-state index in [2.05, 4.69) is 20.3 Å². The number of hydrogen-bond donors (Lipinski definition) is 3. The maximum Gasteiger partial charge on any atom is 0.240 e. The standard InChI is InChI=1S/C18H22Cl2N4O2S/c1-12(16-8-7-14(19)10-17(16)20)24-18(21-2)23-11-13-5-4-6-15(9-13)27(25,26)22-3/h4-10,12,22H,11H2,1-3H3,(H2,21,23,24). The molecule has 0 radical (unpaired) electrons. The molecular formula is C18H22Cl2N4O2S. The highest BCUT2D eigenvalue weighted by atomic mass is 35.5. The number of benzene rings is 2. The van der Waals surface area contributed by atoms with Crippen LogP contribution in [0.5, 0.6) is 0 Å². The maximum atomic E-state index is 11.9. The molecule has 146 valence electrons. The molecule has 0 spiro atoms. The summed E-state index contributed by atoms with van der Waals surface area (Å²) in [5.74, 6) is 0.565. The predicted molar refractivity (Wildman–Crippen MR) is 111 cm³/mol. The van der Waals surface area contributed by atoms with Gasteiger partial charge in [0.25, 0.3) is 0 Å². The quantitative estimate of drug-likeness (QED) is 0.486. The highest BCUT2D eigenvalue weighted by Gasteiger charge is 2.13. The summed E-state index contributed by atoms with van der Waals surface area (Å²) in [4.78, 5) is 4.41. The third-order valence-electron chi connectivity index (χ3n) is 3.94. The van der Waals surface area contributed by atoms with Crippen molar-refractivity contribution < 1.29 is 8.42 Å². The van der Waals surface area contributed by atoms with Crippen LogP contribution in [0.4, 0.5) is 0 Å². The molecule has 27 heavy (non-hydrogen) atoms. The smallest absolute Gasteiger partial charge is 0.240 e. The van der Waals surface area contributed by atoms with E-state index in [0.717, 1.165) is 11.1 Å². The second kappa shape index (κ2) is 9.41. The second-order valence-electron chi connectivity index (χ2n) is 5.81. The van der Waals surface area contributed by atoms with Gasteiger partial charge >= 0.3 is 0 Å². The van der Waals surface area contributed by atoms with Crippen LogP contribution in [0.15, 0.2) is 52.4 Å². The number of halogens is 2. The average molecular weight is 429 g/mol. The summed E-state index contributed by atoms with van der Waals surface area (Å²) in [7, 11) is -0.433. The zero-order valence-corrected chi connectivity index (χ0v) is 17.6. The average Bonchev–Trinajstić information content (AvgIpc) is 2.65. The van der Waals surface area contributed by atoms with Gasteiger partial charge in [-0.05, 0) is 49.4 Å². The molecule has 0 fully saturated rings. The zero-order chi connectivity index (χ0) is 20.0. The molecule has 2 aromatic carbocycles. The summed E-state index contributed by atoms with van der Waals surface area (Å²) in [5, 5.41) is 7.57. The van der Waals surface area contributed by atoms with Crippen LogP contribution in [0.3, 0.4) is 0 Å². The zero-order valence-electron chi connectivity index (χ0n) is 15.3. The molecule has 6 nitrogen and oxygen atoms in total. The monoisotopic (exact) mass is 428 g/mol. The Morgan fingerprint density at radius 3 is 2.56 bits per heavy atom. The molecule has 0 amide bonds. The topological polar surface area (TPSA) is 82.6 Å². The fraction of sp³-hybridized carbons (Fsp3) is 0.278. The SMILES string of the molecule is CN=C(NCc1cccc(S(=O)(=O)NC)c1)NC(C)c1ccc(Cl)cc1Cl. The highest BCUT2D eigenvalue weighted by molar-refractivity contribution is 7.89. The Kier molecular flexibility index (Phi) is 7.49. The van der Waals surface area contributed by atoms with Gasteiger partial charge in [-0.2, -0.15) is 0 Å². The van der Waals surface area contributed by atoms with Crippen molar-refractivity contribution in [1.82, 2.24) is 15.4 Å². The van der Waals surface area contributed by atoms with Gasteiger partial charge in [0.15, 0.2) is 5.96 Å². The molecule has 0 saturated carbocycles. The Hall–Kier alpha value is -1.80. The molecule has 0 aliphatic rings. The lowest BCUT2D eigenvalue weighted by Crippen LogP contribution is -2.38. The fourth-order valence-electron chi connectivity index (χ4n) is 2.46. The first-order chi connectivity index (χ1) is 12.8. The number of guanidine groups is 1. The summed E-state index contributed by atoms with van der Waals surface area (Å²) < 4.78 is 26.1. The lowest BCUT2D eigenvalue weighted by atomic mass is 10.1. The summed E-state index contributed by atoms with van der Waals surface area (Å²) >= 11 is 12.2. The van der Waals surface area contributed by atoms with Gasteiger partial charge in [0.1, 0.15) is 0 Å². The second-order valence-corrected chi connectivity index (χ2v) is 8.54. The number of nitrogens with one attached hydrogen (secondary N) is 3. The van der Waals surface area contributed by atoms with Gasteiger partial charge in [-0.25, -0.2) is 13.1 Å². The highest BCUT2D eigenvalue weighted by Crippen LogP contribution is 2.26. The van der Waals surface area contributed by atoms with Crippen molar-refractivity contribution >= 4 is 39.2 Å². The number of aliphatic imine (C=N–C) groups is 1. The molecule has 1 atom stereocenters. The molecule has 0 aliphatic heterocycles. The molecule has 0 aliphatic carbocycles. The molecule has 2 aromatic rings. The molecule has 0 bridgehead atoms. The van der Waals surface area contributed by atoms with E-state index in [4.69, 9.17) is 23.2 Å². The van der Waals surface area contributed by atoms with E-state index in [-0.39, 0.29) is 10.9 Å². The Morgan fingerprint density at radius 2 is 1.93 bits per heavy atom. The first kappa shape index (κ1) is 21.5. The summed E-state index contributed by atoms with van der Waals surface area (Å²) in [6.07, 6.45) is 0. The van der Waals surface area contributed by atoms with Gasteiger partial charge in [0.2, 0.25) is 10.0 Å². The fourth-order valence-corrected chi connectivity index (χ4v) is 3.83. The van der Waals surface area contributed by atoms with Crippen molar-refractivity contribution in [2.45, 2.75) is 24.4 Å². The third kappa shape index (κ3) is 5.84. The lowest BCUT2D eigenvalue weighted by molar-refractivity contribution is 0.588. The van der Waals surface area contributed by atoms with Gasteiger partial charge in [0, 0.05) is 23.6 Å². The Bertz CT molecular complexity index is 933. The Labute approximate surface area is 170 Å². The van der Waals surface area contributed by atoms with Crippen LogP contribution in [0, 0.1) is 0 Å². The van der Waals surface area contributed by atoms with E-state index in [1.54, 1.807) is 37.4 Å². The van der Waals surface area contributed by atoms with Gasteiger partial charge in [-0.15, -0.1) is 0 Å². The minimum Gasteiger partial charge on any atom is -0.352 e. The van der Waals surface area contributed by atoms with Crippen LogP contribution in [0.1, 0.15) is 24.1 Å². The van der Waals surface area contributed by atoms with Crippen LogP contribution in [0.25, 0.3) is 0 Å². The van der Waals surface area contributed by atoms with Crippen molar-refractivity contribution in [1.29, 1.82) is 0 Å². The molecule has 0 saturated heterocycles. The van der Waals surface area contributed by atoms with E-state index in [1.807, 2.05) is 19.1 Å². The molecule has 9 heteroatoms. The van der Waals surface area contributed by atoms with Crippen molar-refractivity contribution in [3.05, 3.63) is 63.6 Å². The van der Waals surface area contributed by atoms with E-state index in [0.29, 0.717) is 22.5 Å². The number of hydrogen-bond acceptors (Lipinski definition) is 3. The third-order valence-corrected chi connectivity index (χ3v) is 5.92. The van der Waals surface area contributed by atoms with Gasteiger partial charge in [0.05, 0.1) is 10.9 Å². The van der Waals surface area contributed by atoms with Crippen molar-refractivity contribution in [3.63, 3.8) is 0 Å². The number of nitrogens with zero attached hydrogens (tertiary/aromatic N) is 1. The van der Waals surface area contributed by atoms with Crippen molar-refractivity contribution in [2.75, 3.05) is 14.1 Å². The van der Waals surface area contributed by atoms with E-state index < -0.39 is 10.0 Å². The molecule has 0 aromatic heterocycles. The van der Waals surface area contributed by atoms with Crippen LogP contribution in [-0.4, -0.2) is 28.5 Å². The summed E-state index contributed by atoms with van der Waals surface area (Å²) in [5.41, 5.74) is 1.71. The van der Waals surface area contributed by atoms with E-state index in [9.17, 15) is 8.42 Å². The van der Waals surface area contributed by atoms with Crippen LogP contribution in [-0.2, 0) is 16.6 Å². The van der Waals surface area contributed by atoms with Crippen LogP contribution >= 0.6 is 23.2 Å². The minimum absolute atomic E-state index is 0.100. The summed E-state index contributed by atoms with van der Waals surface area (Å²) in [6, 6.07) is 11.9. The molecule has 0 heterocycles. The normalized spacial score (nSPS) is 13.3. The Morgan fingerprint density at radius 1 is 1.19 bits per heavy atom. The Balaban J connectivity index is 2.05. The predicted octanol–water partition coefficient (Wildman–Crippen LogP) is 3.33. The lowest BCUT2D eigenvalue weighted by Gasteiger charge is -2.19. The molecule has 3 N–H and O–H groups in total. The van der Waals surface area contributed by atoms with Crippen molar-refractivity contribution in [3.8, 4) is 0 Å². The van der Waals surface area contributed by atoms with Gasteiger partial charge in [-0.3, -0.25) is 4.99 Å². The molecular weight excluding hydrogens is 407 g/mol. The first-order valence-corrected chi connectivity index (χ1v) is 10.5. The van der Waals surface area contributed by atoms with Crippen molar-refractivity contribution in [2.24, 2.45) is 4.99 Å². The van der Waals surface area contributed by atoms with Crippen LogP contribution < -0.4 is 15.4 Å². The van der Waals surface area contributed by atoms with E-state index >= 15 is 0 Å². The van der Waals surface area contributed by atoms with Crippen LogP contribution in [0.2, 0.25) is 10.0 Å². The minimum atomic E-state index is -3.48. The molecule has 2 rings (SSSR count).